The molecule has 20 heavy (non-hydrogen) atoms. The van der Waals surface area contributed by atoms with Gasteiger partial charge in [0.05, 0.1) is 5.39 Å². The molecular weight excluding hydrogens is 272 g/mol. The Kier molecular flexibility index (Phi) is 2.35. The lowest BCUT2D eigenvalue weighted by Crippen LogP contribution is -2.03. The third kappa shape index (κ3) is 1.48. The van der Waals surface area contributed by atoms with Crippen LogP contribution in [0.15, 0.2) is 6.33 Å². The van der Waals surface area contributed by atoms with Crippen molar-refractivity contribution in [2.45, 2.75) is 26.2 Å². The number of nitriles is 1. The highest BCUT2D eigenvalue weighted by atomic mass is 32.1. The van der Waals surface area contributed by atoms with Gasteiger partial charge in [-0.25, -0.2) is 9.97 Å². The minimum absolute atomic E-state index is 0.252. The van der Waals surface area contributed by atoms with Gasteiger partial charge in [0, 0.05) is 4.88 Å². The smallest absolute Gasteiger partial charge is 0.240 e. The van der Waals surface area contributed by atoms with Crippen molar-refractivity contribution in [3.05, 3.63) is 28.4 Å². The van der Waals surface area contributed by atoms with Crippen LogP contribution in [0.1, 0.15) is 28.5 Å². The fraction of sp³-hybridized carbons (Fsp3) is 0.308. The van der Waals surface area contributed by atoms with E-state index in [0.29, 0.717) is 5.82 Å². The summed E-state index contributed by atoms with van der Waals surface area (Å²) in [6.45, 7) is 1.87. The van der Waals surface area contributed by atoms with Crippen molar-refractivity contribution in [3.63, 3.8) is 0 Å². The topological polar surface area (TPSA) is 80.3 Å². The van der Waals surface area contributed by atoms with Crippen molar-refractivity contribution in [3.8, 4) is 11.9 Å². The molecule has 0 amide bonds. The number of fused-ring (bicyclic) bond motifs is 3. The van der Waals surface area contributed by atoms with Crippen molar-refractivity contribution in [1.29, 1.82) is 5.26 Å². The van der Waals surface area contributed by atoms with E-state index in [9.17, 15) is 0 Å². The van der Waals surface area contributed by atoms with Crippen molar-refractivity contribution >= 4 is 21.6 Å². The summed E-state index contributed by atoms with van der Waals surface area (Å²) in [6, 6.07) is 2.05. The molecule has 1 aliphatic rings. The second kappa shape index (κ2) is 4.08. The highest BCUT2D eigenvalue weighted by molar-refractivity contribution is 7.19. The maximum atomic E-state index is 9.14. The Morgan fingerprint density at radius 3 is 3.10 bits per heavy atom. The fourth-order valence-electron chi connectivity index (χ4n) is 2.72. The van der Waals surface area contributed by atoms with E-state index < -0.39 is 0 Å². The van der Waals surface area contributed by atoms with Crippen LogP contribution in [0.3, 0.4) is 0 Å². The van der Waals surface area contributed by atoms with Gasteiger partial charge in [-0.1, -0.05) is 0 Å². The van der Waals surface area contributed by atoms with Crippen LogP contribution in [0.25, 0.3) is 16.0 Å². The summed E-state index contributed by atoms with van der Waals surface area (Å²) >= 11 is 1.74. The van der Waals surface area contributed by atoms with Gasteiger partial charge < -0.3 is 0 Å². The van der Waals surface area contributed by atoms with Gasteiger partial charge in [-0.05, 0) is 31.7 Å². The summed E-state index contributed by atoms with van der Waals surface area (Å²) in [6.07, 6.45) is 4.89. The number of rotatable bonds is 1. The second-order valence-corrected chi connectivity index (χ2v) is 5.85. The molecule has 0 unspecified atom stereocenters. The zero-order valence-electron chi connectivity index (χ0n) is 10.8. The molecule has 0 aliphatic heterocycles. The molecule has 1 aliphatic carbocycles. The Morgan fingerprint density at radius 2 is 2.25 bits per heavy atom. The van der Waals surface area contributed by atoms with Crippen LogP contribution >= 0.6 is 11.3 Å². The summed E-state index contributed by atoms with van der Waals surface area (Å²) in [7, 11) is 0. The minimum atomic E-state index is 0.252. The molecule has 98 valence electrons. The zero-order chi connectivity index (χ0) is 13.7. The molecule has 7 heteroatoms. The van der Waals surface area contributed by atoms with E-state index >= 15 is 0 Å². The highest BCUT2D eigenvalue weighted by Gasteiger charge is 2.23. The summed E-state index contributed by atoms with van der Waals surface area (Å²) in [5.74, 6) is 1.68. The van der Waals surface area contributed by atoms with Crippen LogP contribution in [-0.4, -0.2) is 24.7 Å². The molecule has 0 atom stereocenters. The van der Waals surface area contributed by atoms with Gasteiger partial charge in [-0.3, -0.25) is 4.57 Å². The van der Waals surface area contributed by atoms with E-state index in [1.807, 2.05) is 6.92 Å². The van der Waals surface area contributed by atoms with E-state index in [-0.39, 0.29) is 5.82 Å². The Balaban J connectivity index is 2.11. The number of aromatic nitrogens is 5. The molecule has 0 radical (unpaired) electrons. The number of hydrogen-bond acceptors (Lipinski definition) is 6. The van der Waals surface area contributed by atoms with Gasteiger partial charge in [0.1, 0.15) is 23.1 Å². The summed E-state index contributed by atoms with van der Waals surface area (Å²) in [5.41, 5.74) is 1.33. The molecule has 3 heterocycles. The van der Waals surface area contributed by atoms with Crippen molar-refractivity contribution in [2.75, 3.05) is 0 Å². The van der Waals surface area contributed by atoms with E-state index in [0.717, 1.165) is 28.9 Å². The predicted molar refractivity (Wildman–Crippen MR) is 73.8 cm³/mol. The van der Waals surface area contributed by atoms with Gasteiger partial charge in [0.15, 0.2) is 5.82 Å². The number of nitrogens with zero attached hydrogens (tertiary/aromatic N) is 6. The van der Waals surface area contributed by atoms with Gasteiger partial charge in [0.2, 0.25) is 5.82 Å². The molecule has 0 bridgehead atoms. The van der Waals surface area contributed by atoms with Gasteiger partial charge in [0.25, 0.3) is 0 Å². The maximum absolute atomic E-state index is 9.14. The quantitative estimate of drug-likeness (QED) is 0.681. The summed E-state index contributed by atoms with van der Waals surface area (Å²) in [5, 5.41) is 17.8. The van der Waals surface area contributed by atoms with Crippen LogP contribution in [0, 0.1) is 18.3 Å². The van der Waals surface area contributed by atoms with Crippen LogP contribution < -0.4 is 0 Å². The molecule has 0 saturated heterocycles. The van der Waals surface area contributed by atoms with E-state index in [1.54, 1.807) is 22.2 Å². The number of aryl methyl sites for hydroxylation is 3. The highest BCUT2D eigenvalue weighted by Crippen LogP contribution is 2.38. The monoisotopic (exact) mass is 282 g/mol. The molecule has 4 rings (SSSR count). The summed E-state index contributed by atoms with van der Waals surface area (Å²) in [4.78, 5) is 11.5. The zero-order valence-corrected chi connectivity index (χ0v) is 11.6. The molecule has 0 saturated carbocycles. The first-order chi connectivity index (χ1) is 9.78. The van der Waals surface area contributed by atoms with Gasteiger partial charge >= 0.3 is 0 Å². The third-order valence-corrected chi connectivity index (χ3v) is 4.72. The van der Waals surface area contributed by atoms with Crippen molar-refractivity contribution < 1.29 is 0 Å². The van der Waals surface area contributed by atoms with Gasteiger partial charge in [-0.15, -0.1) is 21.5 Å². The summed E-state index contributed by atoms with van der Waals surface area (Å²) < 4.78 is 1.66. The normalized spacial score (nSPS) is 13.6. The molecule has 0 fully saturated rings. The van der Waals surface area contributed by atoms with E-state index in [4.69, 9.17) is 5.26 Å². The number of hydrogen-bond donors (Lipinski definition) is 0. The van der Waals surface area contributed by atoms with Crippen LogP contribution in [0.2, 0.25) is 0 Å². The standard InChI is InChI=1S/C13H10N6S/c1-7-16-12(19-6-15-18-10(19)5-14)11-8-3-2-4-9(8)20-13(11)17-7/h6H,2-4H2,1H3. The first-order valence-electron chi connectivity index (χ1n) is 6.37. The maximum Gasteiger partial charge on any atom is 0.240 e. The Labute approximate surface area is 118 Å². The average Bonchev–Trinajstić information content (AvgIpc) is 3.11. The Bertz CT molecular complexity index is 869. The first-order valence-corrected chi connectivity index (χ1v) is 7.19. The molecule has 0 aromatic carbocycles. The van der Waals surface area contributed by atoms with Crippen LogP contribution in [0.4, 0.5) is 0 Å². The van der Waals surface area contributed by atoms with E-state index in [2.05, 4.69) is 26.2 Å². The second-order valence-electron chi connectivity index (χ2n) is 4.77. The third-order valence-electron chi connectivity index (χ3n) is 3.53. The fourth-order valence-corrected chi connectivity index (χ4v) is 4.02. The lowest BCUT2D eigenvalue weighted by atomic mass is 10.2. The Hall–Kier alpha value is -2.33. The van der Waals surface area contributed by atoms with Crippen LogP contribution in [0.5, 0.6) is 0 Å². The minimum Gasteiger partial charge on any atom is -0.256 e. The predicted octanol–water partition coefficient (Wildman–Crippen LogP) is 1.94. The molecule has 3 aromatic heterocycles. The molecule has 6 nitrogen and oxygen atoms in total. The van der Waals surface area contributed by atoms with Crippen molar-refractivity contribution in [2.24, 2.45) is 0 Å². The molecular formula is C13H10N6S. The Morgan fingerprint density at radius 1 is 1.35 bits per heavy atom. The van der Waals surface area contributed by atoms with Crippen molar-refractivity contribution in [1.82, 2.24) is 24.7 Å². The average molecular weight is 282 g/mol. The first kappa shape index (κ1) is 11.5. The van der Waals surface area contributed by atoms with Gasteiger partial charge in [-0.2, -0.15) is 5.26 Å². The van der Waals surface area contributed by atoms with Crippen LogP contribution in [-0.2, 0) is 12.8 Å². The molecule has 0 N–H and O–H groups in total. The van der Waals surface area contributed by atoms with E-state index in [1.165, 1.54) is 16.9 Å². The molecule has 0 spiro atoms. The lowest BCUT2D eigenvalue weighted by Gasteiger charge is -2.06. The lowest BCUT2D eigenvalue weighted by molar-refractivity contribution is 0.911. The SMILES string of the molecule is Cc1nc(-n2cnnc2C#N)c2c3c(sc2n1)CCC3. The molecule has 3 aromatic rings. The largest absolute Gasteiger partial charge is 0.256 e. The number of thiophene rings is 1.